The summed E-state index contributed by atoms with van der Waals surface area (Å²) in [4.78, 5) is 17.1. The summed E-state index contributed by atoms with van der Waals surface area (Å²) >= 11 is 0. The second-order valence-electron chi connectivity index (χ2n) is 8.81. The SMILES string of the molecule is NCc1ccc(CNCc2cccc(-c3cccc(-c4nc5ccccc5[nH]4)c3)c2)cc1.O=C(O)C(F)(F)F. The van der Waals surface area contributed by atoms with Gasteiger partial charge in [0.1, 0.15) is 5.82 Å². The molecule has 0 spiro atoms. The van der Waals surface area contributed by atoms with Gasteiger partial charge in [0.25, 0.3) is 0 Å². The van der Waals surface area contributed by atoms with Crippen molar-refractivity contribution in [1.29, 1.82) is 0 Å². The number of nitrogens with one attached hydrogen (secondary N) is 2. The molecular weight excluding hydrogens is 505 g/mol. The molecule has 0 aliphatic heterocycles. The van der Waals surface area contributed by atoms with E-state index in [9.17, 15) is 13.2 Å². The molecule has 4 aromatic carbocycles. The fraction of sp³-hybridized carbons (Fsp3) is 0.133. The number of imidazole rings is 1. The number of nitrogens with two attached hydrogens (primary N) is 1. The number of carbonyl (C=O) groups is 1. The number of carboxylic acid groups (broad SMARTS) is 1. The van der Waals surface area contributed by atoms with Crippen molar-refractivity contribution in [3.8, 4) is 22.5 Å². The standard InChI is InChI=1S/C28H26N4.C2HF3O2/c29-17-20-11-13-21(14-12-20)18-30-19-22-5-3-6-23(15-22)24-7-4-8-25(16-24)28-31-26-9-1-2-10-27(26)32-28;3-2(4,5)1(6)7/h1-16,30H,17-19,29H2,(H,31,32);(H,6,7). The summed E-state index contributed by atoms with van der Waals surface area (Å²) in [5, 5.41) is 10.7. The van der Waals surface area contributed by atoms with E-state index in [4.69, 9.17) is 20.6 Å². The average molecular weight is 533 g/mol. The van der Waals surface area contributed by atoms with E-state index in [2.05, 4.69) is 89.2 Å². The molecule has 0 atom stereocenters. The van der Waals surface area contributed by atoms with Crippen LogP contribution in [0.5, 0.6) is 0 Å². The summed E-state index contributed by atoms with van der Waals surface area (Å²) in [5.74, 6) is -1.86. The normalized spacial score (nSPS) is 11.2. The van der Waals surface area contributed by atoms with Crippen molar-refractivity contribution < 1.29 is 23.1 Å². The maximum atomic E-state index is 10.6. The average Bonchev–Trinajstić information content (AvgIpc) is 3.38. The van der Waals surface area contributed by atoms with Crippen LogP contribution in [-0.2, 0) is 24.4 Å². The Morgan fingerprint density at radius 3 is 2.05 bits per heavy atom. The van der Waals surface area contributed by atoms with E-state index in [1.54, 1.807) is 0 Å². The van der Waals surface area contributed by atoms with Crippen LogP contribution in [0, 0.1) is 0 Å². The van der Waals surface area contributed by atoms with Gasteiger partial charge >= 0.3 is 12.1 Å². The lowest BCUT2D eigenvalue weighted by Crippen LogP contribution is -2.21. The van der Waals surface area contributed by atoms with Crippen molar-refractivity contribution in [3.05, 3.63) is 114 Å². The Morgan fingerprint density at radius 1 is 0.795 bits per heavy atom. The minimum atomic E-state index is -5.08. The number of rotatable bonds is 7. The van der Waals surface area contributed by atoms with Crippen molar-refractivity contribution in [2.24, 2.45) is 5.73 Å². The van der Waals surface area contributed by atoms with Crippen LogP contribution in [0.4, 0.5) is 13.2 Å². The number of aliphatic carboxylic acids is 1. The van der Waals surface area contributed by atoms with E-state index in [0.29, 0.717) is 6.54 Å². The van der Waals surface area contributed by atoms with Crippen LogP contribution in [0.2, 0.25) is 0 Å². The Bertz CT molecular complexity index is 1510. The first kappa shape index (κ1) is 27.6. The number of benzene rings is 4. The third kappa shape index (κ3) is 7.53. The minimum absolute atomic E-state index is 0.581. The molecule has 0 saturated heterocycles. The summed E-state index contributed by atoms with van der Waals surface area (Å²) in [5.41, 5.74) is 14.9. The molecule has 0 saturated carbocycles. The first-order valence-corrected chi connectivity index (χ1v) is 12.2. The highest BCUT2D eigenvalue weighted by atomic mass is 19.4. The first-order chi connectivity index (χ1) is 18.7. The zero-order chi connectivity index (χ0) is 27.8. The van der Waals surface area contributed by atoms with E-state index < -0.39 is 12.1 Å². The van der Waals surface area contributed by atoms with Gasteiger partial charge in [0.15, 0.2) is 0 Å². The van der Waals surface area contributed by atoms with Crippen molar-refractivity contribution in [3.63, 3.8) is 0 Å². The van der Waals surface area contributed by atoms with Crippen molar-refractivity contribution in [2.75, 3.05) is 0 Å². The second-order valence-corrected chi connectivity index (χ2v) is 8.81. The molecule has 6 nitrogen and oxygen atoms in total. The molecule has 0 radical (unpaired) electrons. The molecule has 0 aliphatic rings. The molecule has 39 heavy (non-hydrogen) atoms. The fourth-order valence-electron chi connectivity index (χ4n) is 3.94. The number of hydrogen-bond acceptors (Lipinski definition) is 4. The number of H-pyrrole nitrogens is 1. The molecular formula is C30H27F3N4O2. The zero-order valence-electron chi connectivity index (χ0n) is 20.9. The number of hydrogen-bond donors (Lipinski definition) is 4. The number of halogens is 3. The van der Waals surface area contributed by atoms with Gasteiger partial charge in [-0.15, -0.1) is 0 Å². The van der Waals surface area contributed by atoms with E-state index in [0.717, 1.165) is 41.1 Å². The van der Waals surface area contributed by atoms with Crippen LogP contribution in [0.3, 0.4) is 0 Å². The molecule has 5 N–H and O–H groups in total. The number of para-hydroxylation sites is 2. The van der Waals surface area contributed by atoms with Gasteiger partial charge < -0.3 is 21.1 Å². The molecule has 0 amide bonds. The van der Waals surface area contributed by atoms with Gasteiger partial charge in [-0.2, -0.15) is 13.2 Å². The predicted octanol–water partition coefficient (Wildman–Crippen LogP) is 6.28. The first-order valence-electron chi connectivity index (χ1n) is 12.2. The number of alkyl halides is 3. The van der Waals surface area contributed by atoms with Crippen LogP contribution >= 0.6 is 0 Å². The Hall–Kier alpha value is -4.47. The van der Waals surface area contributed by atoms with Gasteiger partial charge in [0.05, 0.1) is 11.0 Å². The zero-order valence-corrected chi connectivity index (χ0v) is 20.9. The molecule has 1 aromatic heterocycles. The van der Waals surface area contributed by atoms with Crippen molar-refractivity contribution >= 4 is 17.0 Å². The van der Waals surface area contributed by atoms with Gasteiger partial charge in [0.2, 0.25) is 0 Å². The van der Waals surface area contributed by atoms with E-state index in [1.807, 2.05) is 18.2 Å². The monoisotopic (exact) mass is 532 g/mol. The third-order valence-electron chi connectivity index (χ3n) is 5.95. The summed E-state index contributed by atoms with van der Waals surface area (Å²) in [6.07, 6.45) is -5.08. The maximum absolute atomic E-state index is 10.6. The summed E-state index contributed by atoms with van der Waals surface area (Å²) in [6.45, 7) is 2.23. The smallest absolute Gasteiger partial charge is 0.475 e. The topological polar surface area (TPSA) is 104 Å². The Labute approximate surface area is 223 Å². The lowest BCUT2D eigenvalue weighted by Gasteiger charge is -2.09. The Morgan fingerprint density at radius 2 is 1.38 bits per heavy atom. The van der Waals surface area contributed by atoms with Crippen LogP contribution in [0.25, 0.3) is 33.5 Å². The van der Waals surface area contributed by atoms with Gasteiger partial charge in [-0.05, 0) is 52.1 Å². The largest absolute Gasteiger partial charge is 0.490 e. The number of aromatic amines is 1. The molecule has 0 aliphatic carbocycles. The van der Waals surface area contributed by atoms with Crippen LogP contribution < -0.4 is 11.1 Å². The van der Waals surface area contributed by atoms with Crippen molar-refractivity contribution in [2.45, 2.75) is 25.8 Å². The number of carboxylic acids is 1. The van der Waals surface area contributed by atoms with Crippen molar-refractivity contribution in [1.82, 2.24) is 15.3 Å². The van der Waals surface area contributed by atoms with Gasteiger partial charge in [-0.25, -0.2) is 9.78 Å². The highest BCUT2D eigenvalue weighted by molar-refractivity contribution is 5.80. The van der Waals surface area contributed by atoms with E-state index >= 15 is 0 Å². The Balaban J connectivity index is 0.000000448. The lowest BCUT2D eigenvalue weighted by atomic mass is 10.0. The van der Waals surface area contributed by atoms with E-state index in [-0.39, 0.29) is 0 Å². The fourth-order valence-corrected chi connectivity index (χ4v) is 3.94. The molecule has 0 bridgehead atoms. The molecule has 5 rings (SSSR count). The van der Waals surface area contributed by atoms with Crippen LogP contribution in [0.1, 0.15) is 16.7 Å². The highest BCUT2D eigenvalue weighted by Gasteiger charge is 2.38. The summed E-state index contributed by atoms with van der Waals surface area (Å²) in [6, 6.07) is 33.8. The summed E-state index contributed by atoms with van der Waals surface area (Å²) < 4.78 is 31.7. The van der Waals surface area contributed by atoms with Crippen LogP contribution in [-0.4, -0.2) is 27.2 Å². The molecule has 5 aromatic rings. The molecule has 9 heteroatoms. The highest BCUT2D eigenvalue weighted by Crippen LogP contribution is 2.27. The lowest BCUT2D eigenvalue weighted by molar-refractivity contribution is -0.192. The number of nitrogens with zero attached hydrogens (tertiary/aromatic N) is 1. The predicted molar refractivity (Wildman–Crippen MR) is 146 cm³/mol. The van der Waals surface area contributed by atoms with Crippen LogP contribution in [0.15, 0.2) is 97.1 Å². The molecule has 0 fully saturated rings. The molecule has 1 heterocycles. The second kappa shape index (κ2) is 12.4. The molecule has 200 valence electrons. The minimum Gasteiger partial charge on any atom is -0.475 e. The molecule has 0 unspecified atom stereocenters. The number of aromatic nitrogens is 2. The maximum Gasteiger partial charge on any atom is 0.490 e. The van der Waals surface area contributed by atoms with E-state index in [1.165, 1.54) is 22.3 Å². The van der Waals surface area contributed by atoms with Gasteiger partial charge in [-0.1, -0.05) is 72.8 Å². The van der Waals surface area contributed by atoms with Gasteiger partial charge in [0, 0.05) is 25.2 Å². The number of fused-ring (bicyclic) bond motifs is 1. The Kier molecular flexibility index (Phi) is 8.75. The summed E-state index contributed by atoms with van der Waals surface area (Å²) in [7, 11) is 0. The quantitative estimate of drug-likeness (QED) is 0.198. The van der Waals surface area contributed by atoms with Gasteiger partial charge in [-0.3, -0.25) is 0 Å². The third-order valence-corrected chi connectivity index (χ3v) is 5.95.